The molecule has 134 valence electrons. The molecule has 0 spiro atoms. The van der Waals surface area contributed by atoms with E-state index in [0.717, 1.165) is 19.4 Å². The van der Waals surface area contributed by atoms with E-state index in [2.05, 4.69) is 10.6 Å². The third kappa shape index (κ3) is 4.61. The van der Waals surface area contributed by atoms with Crippen LogP contribution in [-0.2, 0) is 0 Å². The predicted molar refractivity (Wildman–Crippen MR) is 98.3 cm³/mol. The van der Waals surface area contributed by atoms with Gasteiger partial charge in [0.05, 0.1) is 6.26 Å². The molecule has 0 radical (unpaired) electrons. The largest absolute Gasteiger partial charge is 0.459 e. The van der Waals surface area contributed by atoms with Crippen LogP contribution in [0.3, 0.4) is 0 Å². The topological polar surface area (TPSA) is 74.6 Å². The van der Waals surface area contributed by atoms with Crippen LogP contribution in [-0.4, -0.2) is 42.9 Å². The zero-order chi connectivity index (χ0) is 16.9. The number of anilines is 1. The Labute approximate surface area is 153 Å². The van der Waals surface area contributed by atoms with Crippen molar-refractivity contribution in [3.8, 4) is 0 Å². The third-order valence-corrected chi connectivity index (χ3v) is 4.23. The van der Waals surface area contributed by atoms with Crippen LogP contribution in [0.4, 0.5) is 5.69 Å². The van der Waals surface area contributed by atoms with Gasteiger partial charge >= 0.3 is 0 Å². The summed E-state index contributed by atoms with van der Waals surface area (Å²) in [5.74, 6) is -0.110. The zero-order valence-corrected chi connectivity index (χ0v) is 14.8. The minimum absolute atomic E-state index is 0. The van der Waals surface area contributed by atoms with Gasteiger partial charge in [0.1, 0.15) is 0 Å². The molecule has 6 nitrogen and oxygen atoms in total. The summed E-state index contributed by atoms with van der Waals surface area (Å²) < 4.78 is 5.07. The van der Waals surface area contributed by atoms with Crippen LogP contribution < -0.4 is 10.6 Å². The smallest absolute Gasteiger partial charge is 0.291 e. The monoisotopic (exact) mass is 363 g/mol. The second-order valence-corrected chi connectivity index (χ2v) is 5.89. The molecule has 25 heavy (non-hydrogen) atoms. The number of nitrogens with one attached hydrogen (secondary N) is 2. The molecule has 0 aliphatic carbocycles. The Kier molecular flexibility index (Phi) is 6.61. The zero-order valence-electron chi connectivity index (χ0n) is 14.0. The van der Waals surface area contributed by atoms with Crippen molar-refractivity contribution in [1.82, 2.24) is 10.2 Å². The van der Waals surface area contributed by atoms with Gasteiger partial charge < -0.3 is 20.0 Å². The van der Waals surface area contributed by atoms with Crippen LogP contribution >= 0.6 is 12.4 Å². The average Bonchev–Trinajstić information content (AvgIpc) is 3.16. The van der Waals surface area contributed by atoms with Crippen LogP contribution in [0.5, 0.6) is 0 Å². The van der Waals surface area contributed by atoms with Gasteiger partial charge in [-0.2, -0.15) is 0 Å². The molecule has 1 saturated heterocycles. The van der Waals surface area contributed by atoms with Gasteiger partial charge in [-0.1, -0.05) is 6.07 Å². The second-order valence-electron chi connectivity index (χ2n) is 5.89. The van der Waals surface area contributed by atoms with E-state index < -0.39 is 0 Å². The van der Waals surface area contributed by atoms with Crippen LogP contribution in [0.15, 0.2) is 47.1 Å². The van der Waals surface area contributed by atoms with Crippen LogP contribution in [0.2, 0.25) is 0 Å². The molecule has 2 heterocycles. The molecule has 0 bridgehead atoms. The number of likely N-dealkylation sites (tertiary alicyclic amines) is 1. The van der Waals surface area contributed by atoms with E-state index in [1.165, 1.54) is 6.26 Å². The normalized spacial score (nSPS) is 16.8. The first kappa shape index (κ1) is 19.0. The number of hydrogen-bond donors (Lipinski definition) is 2. The molecule has 1 aliphatic heterocycles. The van der Waals surface area contributed by atoms with Gasteiger partial charge in [0.2, 0.25) is 0 Å². The SMILES string of the molecule is CNC1CCCN(C(=O)c2cccc(NC(=O)c3ccco3)c2)C1.Cl. The highest BCUT2D eigenvalue weighted by Gasteiger charge is 2.23. The highest BCUT2D eigenvalue weighted by atomic mass is 35.5. The molecule has 1 unspecified atom stereocenters. The van der Waals surface area contributed by atoms with Crippen molar-refractivity contribution >= 4 is 29.9 Å². The lowest BCUT2D eigenvalue weighted by Crippen LogP contribution is -2.46. The van der Waals surface area contributed by atoms with Gasteiger partial charge in [0.15, 0.2) is 5.76 Å². The molecule has 1 aliphatic rings. The van der Waals surface area contributed by atoms with Crippen molar-refractivity contribution in [3.63, 3.8) is 0 Å². The van der Waals surface area contributed by atoms with Crippen molar-refractivity contribution in [2.45, 2.75) is 18.9 Å². The van der Waals surface area contributed by atoms with Gasteiger partial charge in [0.25, 0.3) is 11.8 Å². The molecule has 3 rings (SSSR count). The van der Waals surface area contributed by atoms with Crippen molar-refractivity contribution in [2.75, 3.05) is 25.5 Å². The first-order chi connectivity index (χ1) is 11.7. The maximum atomic E-state index is 12.7. The Morgan fingerprint density at radius 1 is 1.24 bits per heavy atom. The summed E-state index contributed by atoms with van der Waals surface area (Å²) in [6.07, 6.45) is 3.52. The lowest BCUT2D eigenvalue weighted by Gasteiger charge is -2.32. The number of amides is 2. The lowest BCUT2D eigenvalue weighted by atomic mass is 10.0. The van der Waals surface area contributed by atoms with E-state index >= 15 is 0 Å². The van der Waals surface area contributed by atoms with E-state index in [4.69, 9.17) is 4.42 Å². The number of nitrogens with zero attached hydrogens (tertiary/aromatic N) is 1. The number of carbonyl (C=O) groups is 2. The molecule has 1 fully saturated rings. The number of likely N-dealkylation sites (N-methyl/N-ethyl adjacent to an activating group) is 1. The number of piperidine rings is 1. The van der Waals surface area contributed by atoms with E-state index in [-0.39, 0.29) is 30.0 Å². The molecule has 2 aromatic rings. The number of benzene rings is 1. The molecular weight excluding hydrogens is 342 g/mol. The van der Waals surface area contributed by atoms with E-state index in [1.54, 1.807) is 36.4 Å². The van der Waals surface area contributed by atoms with Gasteiger partial charge in [0, 0.05) is 30.4 Å². The summed E-state index contributed by atoms with van der Waals surface area (Å²) in [6, 6.07) is 10.6. The Balaban J connectivity index is 0.00000225. The van der Waals surface area contributed by atoms with Gasteiger partial charge in [-0.15, -0.1) is 12.4 Å². The van der Waals surface area contributed by atoms with Crippen molar-refractivity contribution < 1.29 is 14.0 Å². The Hall–Kier alpha value is -2.31. The van der Waals surface area contributed by atoms with Gasteiger partial charge in [-0.3, -0.25) is 9.59 Å². The lowest BCUT2D eigenvalue weighted by molar-refractivity contribution is 0.0698. The van der Waals surface area contributed by atoms with E-state index in [1.807, 2.05) is 11.9 Å². The number of furan rings is 1. The summed E-state index contributed by atoms with van der Waals surface area (Å²) in [4.78, 5) is 26.6. The van der Waals surface area contributed by atoms with Crippen LogP contribution in [0.1, 0.15) is 33.8 Å². The molecule has 0 saturated carbocycles. The van der Waals surface area contributed by atoms with Crippen molar-refractivity contribution in [3.05, 3.63) is 54.0 Å². The minimum Gasteiger partial charge on any atom is -0.459 e. The maximum Gasteiger partial charge on any atom is 0.291 e. The van der Waals surface area contributed by atoms with Crippen molar-refractivity contribution in [2.24, 2.45) is 0 Å². The molecule has 7 heteroatoms. The molecule has 2 amide bonds. The first-order valence-corrected chi connectivity index (χ1v) is 8.09. The quantitative estimate of drug-likeness (QED) is 0.875. The van der Waals surface area contributed by atoms with E-state index in [0.29, 0.717) is 23.8 Å². The third-order valence-electron chi connectivity index (χ3n) is 4.23. The van der Waals surface area contributed by atoms with Gasteiger partial charge in [-0.25, -0.2) is 0 Å². The standard InChI is InChI=1S/C18H21N3O3.ClH/c1-19-15-7-3-9-21(12-15)18(23)13-5-2-6-14(11-13)20-17(22)16-8-4-10-24-16;/h2,4-6,8,10-11,15,19H,3,7,9,12H2,1H3,(H,20,22);1H. The number of rotatable bonds is 4. The summed E-state index contributed by atoms with van der Waals surface area (Å²) in [5.41, 5.74) is 1.15. The summed E-state index contributed by atoms with van der Waals surface area (Å²) >= 11 is 0. The molecule has 1 atom stereocenters. The second kappa shape index (κ2) is 8.69. The number of halogens is 1. The Morgan fingerprint density at radius 3 is 2.80 bits per heavy atom. The van der Waals surface area contributed by atoms with Crippen molar-refractivity contribution in [1.29, 1.82) is 0 Å². The molecular formula is C18H22ClN3O3. The van der Waals surface area contributed by atoms with Crippen LogP contribution in [0, 0.1) is 0 Å². The van der Waals surface area contributed by atoms with E-state index in [9.17, 15) is 9.59 Å². The summed E-state index contributed by atoms with van der Waals surface area (Å²) in [5, 5.41) is 5.98. The number of hydrogen-bond acceptors (Lipinski definition) is 4. The van der Waals surface area contributed by atoms with Gasteiger partial charge in [-0.05, 0) is 50.2 Å². The maximum absolute atomic E-state index is 12.7. The van der Waals surface area contributed by atoms with Crippen LogP contribution in [0.25, 0.3) is 0 Å². The molecule has 2 N–H and O–H groups in total. The fourth-order valence-electron chi connectivity index (χ4n) is 2.91. The Morgan fingerprint density at radius 2 is 2.08 bits per heavy atom. The molecule has 1 aromatic heterocycles. The minimum atomic E-state index is -0.335. The summed E-state index contributed by atoms with van der Waals surface area (Å²) in [7, 11) is 1.92. The fourth-order valence-corrected chi connectivity index (χ4v) is 2.91. The molecule has 1 aromatic carbocycles. The first-order valence-electron chi connectivity index (χ1n) is 8.09. The highest BCUT2D eigenvalue weighted by molar-refractivity contribution is 6.03. The highest BCUT2D eigenvalue weighted by Crippen LogP contribution is 2.17. The summed E-state index contributed by atoms with van der Waals surface area (Å²) in [6.45, 7) is 1.47. The number of carbonyl (C=O) groups excluding carboxylic acids is 2. The fraction of sp³-hybridized carbons (Fsp3) is 0.333. The predicted octanol–water partition coefficient (Wildman–Crippen LogP) is 2.78. The average molecular weight is 364 g/mol. The Bertz CT molecular complexity index is 718.